The monoisotopic (exact) mass is 466 g/mol. The lowest BCUT2D eigenvalue weighted by molar-refractivity contribution is 0.200. The summed E-state index contributed by atoms with van der Waals surface area (Å²) in [5.74, 6) is 0.258. The molecule has 2 aromatic carbocycles. The molecule has 0 saturated carbocycles. The van der Waals surface area contributed by atoms with Crippen molar-refractivity contribution >= 4 is 17.4 Å². The molecule has 33 heavy (non-hydrogen) atoms. The molecule has 0 aromatic heterocycles. The van der Waals surface area contributed by atoms with Crippen LogP contribution in [0.4, 0.5) is 0 Å². The Hall–Kier alpha value is -1.91. The Morgan fingerprint density at radius 3 is 1.73 bits per heavy atom. The van der Waals surface area contributed by atoms with E-state index >= 15 is 0 Å². The lowest BCUT2D eigenvalue weighted by atomic mass is 9.80. The molecule has 2 N–H and O–H groups in total. The second kappa shape index (κ2) is 10.1. The summed E-state index contributed by atoms with van der Waals surface area (Å²) in [6.45, 7) is 18.5. The van der Waals surface area contributed by atoms with E-state index in [4.69, 9.17) is 17.0 Å². The highest BCUT2D eigenvalue weighted by Gasteiger charge is 2.34. The van der Waals surface area contributed by atoms with E-state index < -0.39 is 0 Å². The maximum absolute atomic E-state index is 6.06. The van der Waals surface area contributed by atoms with Gasteiger partial charge in [0.1, 0.15) is 6.10 Å². The topological polar surface area (TPSA) is 33.3 Å². The third kappa shape index (κ3) is 6.80. The smallest absolute Gasteiger partial charge is 0.257 e. The zero-order chi connectivity index (χ0) is 24.4. The van der Waals surface area contributed by atoms with Gasteiger partial charge in [-0.2, -0.15) is 0 Å². The Kier molecular flexibility index (Phi) is 7.91. The number of hydrogen-bond donors (Lipinski definition) is 2. The standard InChI is InChI=1S/C29H42N2OS/c1-19(2)31-27(33)32-24-17-25(30-18-24)26(20-9-13-22(14-10-20)28(3,4)5)21-11-15-23(16-12-21)29(6,7)8/h9-16,19,24-26,30H,17-18H2,1-8H3,(H,31,33)/t24-,25-/m1/s1. The Balaban J connectivity index is 1.87. The van der Waals surface area contributed by atoms with Crippen LogP contribution in [0.25, 0.3) is 0 Å². The van der Waals surface area contributed by atoms with Crippen LogP contribution in [0, 0.1) is 0 Å². The van der Waals surface area contributed by atoms with Crippen LogP contribution in [-0.2, 0) is 15.6 Å². The van der Waals surface area contributed by atoms with E-state index in [1.54, 1.807) is 0 Å². The first kappa shape index (κ1) is 25.7. The zero-order valence-corrected chi connectivity index (χ0v) is 22.5. The highest BCUT2D eigenvalue weighted by molar-refractivity contribution is 7.80. The summed E-state index contributed by atoms with van der Waals surface area (Å²) >= 11 is 5.40. The fourth-order valence-corrected chi connectivity index (χ4v) is 4.91. The molecular formula is C29H42N2OS. The number of ether oxygens (including phenoxy) is 1. The fraction of sp³-hybridized carbons (Fsp3) is 0.552. The van der Waals surface area contributed by atoms with Gasteiger partial charge in [-0.3, -0.25) is 0 Å². The third-order valence-electron chi connectivity index (χ3n) is 6.48. The average molecular weight is 467 g/mol. The van der Waals surface area contributed by atoms with Crippen LogP contribution in [-0.4, -0.2) is 29.9 Å². The summed E-state index contributed by atoms with van der Waals surface area (Å²) in [4.78, 5) is 0. The van der Waals surface area contributed by atoms with Gasteiger partial charge in [0.05, 0.1) is 0 Å². The highest BCUT2D eigenvalue weighted by atomic mass is 32.1. The molecule has 3 rings (SSSR count). The summed E-state index contributed by atoms with van der Waals surface area (Å²) in [5.41, 5.74) is 5.69. The lowest BCUT2D eigenvalue weighted by Gasteiger charge is -2.27. The SMILES string of the molecule is CC(C)NC(=S)O[C@H]1CN[C@@H](C(c2ccc(C(C)(C)C)cc2)c2ccc(C(C)(C)C)cc2)C1. The molecule has 0 aliphatic carbocycles. The first-order chi connectivity index (χ1) is 15.3. The molecule has 1 aliphatic heterocycles. The van der Waals surface area contributed by atoms with Gasteiger partial charge >= 0.3 is 0 Å². The van der Waals surface area contributed by atoms with Crippen molar-refractivity contribution in [1.29, 1.82) is 0 Å². The number of nitrogens with one attached hydrogen (secondary N) is 2. The molecule has 4 heteroatoms. The van der Waals surface area contributed by atoms with Crippen LogP contribution in [0.3, 0.4) is 0 Å². The largest absolute Gasteiger partial charge is 0.466 e. The second-order valence-electron chi connectivity index (χ2n) is 11.8. The van der Waals surface area contributed by atoms with E-state index in [9.17, 15) is 0 Å². The molecule has 2 atom stereocenters. The molecular weight excluding hydrogens is 424 g/mol. The normalized spacial score (nSPS) is 19.2. The maximum atomic E-state index is 6.06. The van der Waals surface area contributed by atoms with Crippen molar-refractivity contribution in [1.82, 2.24) is 10.6 Å². The predicted octanol–water partition coefficient (Wildman–Crippen LogP) is 6.44. The van der Waals surface area contributed by atoms with Gasteiger partial charge < -0.3 is 15.4 Å². The average Bonchev–Trinajstić information content (AvgIpc) is 3.14. The number of rotatable bonds is 5. The highest BCUT2D eigenvalue weighted by Crippen LogP contribution is 2.35. The van der Waals surface area contributed by atoms with E-state index in [1.807, 2.05) is 0 Å². The van der Waals surface area contributed by atoms with E-state index in [0.717, 1.165) is 13.0 Å². The number of thiocarbonyl (C=S) groups is 1. The molecule has 1 saturated heterocycles. The third-order valence-corrected chi connectivity index (χ3v) is 6.69. The molecule has 0 unspecified atom stereocenters. The summed E-state index contributed by atoms with van der Waals surface area (Å²) in [6.07, 6.45) is 1.01. The van der Waals surface area contributed by atoms with Crippen LogP contribution >= 0.6 is 12.2 Å². The van der Waals surface area contributed by atoms with Gasteiger partial charge in [0.15, 0.2) is 0 Å². The molecule has 0 spiro atoms. The molecule has 2 aromatic rings. The first-order valence-electron chi connectivity index (χ1n) is 12.3. The molecule has 0 radical (unpaired) electrons. The van der Waals surface area contributed by atoms with E-state index in [1.165, 1.54) is 22.3 Å². The molecule has 0 bridgehead atoms. The minimum absolute atomic E-state index is 0.0824. The van der Waals surface area contributed by atoms with Crippen molar-refractivity contribution in [2.75, 3.05) is 6.54 Å². The molecule has 3 nitrogen and oxygen atoms in total. The summed E-state index contributed by atoms with van der Waals surface area (Å²) < 4.78 is 6.06. The van der Waals surface area contributed by atoms with E-state index in [-0.39, 0.29) is 34.9 Å². The molecule has 1 aliphatic rings. The molecule has 1 heterocycles. The quantitative estimate of drug-likeness (QED) is 0.497. The van der Waals surface area contributed by atoms with Crippen molar-refractivity contribution in [3.63, 3.8) is 0 Å². The van der Waals surface area contributed by atoms with Gasteiger partial charge in [0.25, 0.3) is 5.17 Å². The summed E-state index contributed by atoms with van der Waals surface area (Å²) in [7, 11) is 0. The van der Waals surface area contributed by atoms with Crippen molar-refractivity contribution < 1.29 is 4.74 Å². The lowest BCUT2D eigenvalue weighted by Crippen LogP contribution is -2.34. The predicted molar refractivity (Wildman–Crippen MR) is 144 cm³/mol. The van der Waals surface area contributed by atoms with Gasteiger partial charge in [0.2, 0.25) is 0 Å². The van der Waals surface area contributed by atoms with Crippen LogP contribution in [0.5, 0.6) is 0 Å². The van der Waals surface area contributed by atoms with E-state index in [2.05, 4.69) is 115 Å². The Labute approximate surface area is 206 Å². The minimum atomic E-state index is 0.0824. The Morgan fingerprint density at radius 2 is 1.33 bits per heavy atom. The van der Waals surface area contributed by atoms with Crippen LogP contribution in [0.2, 0.25) is 0 Å². The second-order valence-corrected chi connectivity index (χ2v) is 12.2. The summed E-state index contributed by atoms with van der Waals surface area (Å²) in [5, 5.41) is 7.44. The maximum Gasteiger partial charge on any atom is 0.257 e. The van der Waals surface area contributed by atoms with Crippen molar-refractivity contribution in [3.8, 4) is 0 Å². The zero-order valence-electron chi connectivity index (χ0n) is 21.7. The molecule has 1 fully saturated rings. The van der Waals surface area contributed by atoms with Gasteiger partial charge in [-0.15, -0.1) is 0 Å². The molecule has 180 valence electrons. The van der Waals surface area contributed by atoms with Crippen LogP contribution in [0.1, 0.15) is 90.0 Å². The van der Waals surface area contributed by atoms with Gasteiger partial charge in [-0.05, 0) is 59.1 Å². The van der Waals surface area contributed by atoms with Crippen molar-refractivity contribution in [3.05, 3.63) is 70.8 Å². The Bertz CT molecular complexity index is 863. The number of benzene rings is 2. The van der Waals surface area contributed by atoms with Gasteiger partial charge in [0, 0.05) is 31.0 Å². The van der Waals surface area contributed by atoms with E-state index in [0.29, 0.717) is 5.17 Å². The Morgan fingerprint density at radius 1 is 0.879 bits per heavy atom. The van der Waals surface area contributed by atoms with Crippen molar-refractivity contribution in [2.24, 2.45) is 0 Å². The van der Waals surface area contributed by atoms with Gasteiger partial charge in [-0.25, -0.2) is 0 Å². The summed E-state index contributed by atoms with van der Waals surface area (Å²) in [6, 6.07) is 19.0. The van der Waals surface area contributed by atoms with Crippen LogP contribution in [0.15, 0.2) is 48.5 Å². The van der Waals surface area contributed by atoms with Crippen molar-refractivity contribution in [2.45, 2.75) is 96.7 Å². The number of hydrogen-bond acceptors (Lipinski definition) is 3. The minimum Gasteiger partial charge on any atom is -0.466 e. The van der Waals surface area contributed by atoms with Crippen LogP contribution < -0.4 is 10.6 Å². The van der Waals surface area contributed by atoms with Gasteiger partial charge in [-0.1, -0.05) is 90.1 Å². The molecule has 0 amide bonds. The fourth-order valence-electron chi connectivity index (χ4n) is 4.54. The first-order valence-corrected chi connectivity index (χ1v) is 12.7.